The minimum atomic E-state index is -0.0369. The molecule has 0 heterocycles. The highest BCUT2D eigenvalue weighted by Crippen LogP contribution is 2.18. The molecule has 0 radical (unpaired) electrons. The Morgan fingerprint density at radius 3 is 2.56 bits per heavy atom. The zero-order chi connectivity index (χ0) is 13.8. The van der Waals surface area contributed by atoms with Crippen LogP contribution in [0.1, 0.15) is 37.6 Å². The van der Waals surface area contributed by atoms with Crippen LogP contribution in [0.15, 0.2) is 24.3 Å². The van der Waals surface area contributed by atoms with Crippen molar-refractivity contribution in [3.8, 4) is 5.75 Å². The van der Waals surface area contributed by atoms with E-state index in [2.05, 4.69) is 18.7 Å². The lowest BCUT2D eigenvalue weighted by molar-refractivity contribution is 0.0986. The van der Waals surface area contributed by atoms with Gasteiger partial charge in [-0.1, -0.05) is 19.1 Å². The Labute approximate surface area is 110 Å². The average molecular weight is 249 g/mol. The minimum absolute atomic E-state index is 0.0369. The van der Waals surface area contributed by atoms with Crippen molar-refractivity contribution in [2.24, 2.45) is 0 Å². The molecule has 0 saturated heterocycles. The quantitative estimate of drug-likeness (QED) is 0.726. The van der Waals surface area contributed by atoms with Gasteiger partial charge in [0.1, 0.15) is 12.4 Å². The van der Waals surface area contributed by atoms with Crippen LogP contribution in [0.4, 0.5) is 0 Å². The van der Waals surface area contributed by atoms with Gasteiger partial charge in [0, 0.05) is 17.5 Å². The third-order valence-corrected chi connectivity index (χ3v) is 3.28. The van der Waals surface area contributed by atoms with Gasteiger partial charge in [-0.25, -0.2) is 0 Å². The molecule has 0 atom stereocenters. The summed E-state index contributed by atoms with van der Waals surface area (Å²) in [5.41, 5.74) is 0.683. The smallest absolute Gasteiger partial charge is 0.162 e. The van der Waals surface area contributed by atoms with Crippen molar-refractivity contribution in [3.05, 3.63) is 29.8 Å². The fourth-order valence-corrected chi connectivity index (χ4v) is 1.35. The topological polar surface area (TPSA) is 29.5 Å². The van der Waals surface area contributed by atoms with Crippen LogP contribution in [-0.4, -0.2) is 36.9 Å². The standard InChI is InChI=1S/C15H23NO2/c1-6-14(17)12-8-7-9-13(10-12)18-11-15(2,3)16(4)5/h7-10H,6,11H2,1-5H3. The second-order valence-electron chi connectivity index (χ2n) is 5.30. The summed E-state index contributed by atoms with van der Waals surface area (Å²) < 4.78 is 5.77. The summed E-state index contributed by atoms with van der Waals surface area (Å²) in [4.78, 5) is 13.7. The highest BCUT2D eigenvalue weighted by atomic mass is 16.5. The molecule has 0 aromatic heterocycles. The second-order valence-corrected chi connectivity index (χ2v) is 5.30. The van der Waals surface area contributed by atoms with E-state index in [1.165, 1.54) is 0 Å². The number of rotatable bonds is 6. The molecule has 18 heavy (non-hydrogen) atoms. The van der Waals surface area contributed by atoms with Gasteiger partial charge in [-0.15, -0.1) is 0 Å². The molecule has 3 heteroatoms. The van der Waals surface area contributed by atoms with Crippen LogP contribution >= 0.6 is 0 Å². The SMILES string of the molecule is CCC(=O)c1cccc(OCC(C)(C)N(C)C)c1. The Balaban J connectivity index is 2.72. The summed E-state index contributed by atoms with van der Waals surface area (Å²) in [5, 5.41) is 0. The minimum Gasteiger partial charge on any atom is -0.492 e. The maximum atomic E-state index is 11.6. The average Bonchev–Trinajstić information content (AvgIpc) is 2.35. The summed E-state index contributed by atoms with van der Waals surface area (Å²) in [6.45, 7) is 6.69. The van der Waals surface area contributed by atoms with Crippen LogP contribution in [0.2, 0.25) is 0 Å². The summed E-state index contributed by atoms with van der Waals surface area (Å²) in [6.07, 6.45) is 0.520. The first-order chi connectivity index (χ1) is 8.36. The van der Waals surface area contributed by atoms with Gasteiger partial charge >= 0.3 is 0 Å². The lowest BCUT2D eigenvalue weighted by Gasteiger charge is -2.32. The molecule has 0 saturated carbocycles. The predicted octanol–water partition coefficient (Wildman–Crippen LogP) is 3.00. The van der Waals surface area contributed by atoms with Crippen molar-refractivity contribution in [3.63, 3.8) is 0 Å². The molecule has 0 amide bonds. The van der Waals surface area contributed by atoms with Crippen LogP contribution in [0.5, 0.6) is 5.75 Å². The number of Topliss-reactive ketones (excluding diaryl/α,β-unsaturated/α-hetero) is 1. The Kier molecular flexibility index (Phi) is 4.91. The molecular weight excluding hydrogens is 226 g/mol. The van der Waals surface area contributed by atoms with E-state index < -0.39 is 0 Å². The first-order valence-corrected chi connectivity index (χ1v) is 6.30. The number of carbonyl (C=O) groups excluding carboxylic acids is 1. The molecule has 1 rings (SSSR count). The Hall–Kier alpha value is -1.35. The fourth-order valence-electron chi connectivity index (χ4n) is 1.35. The number of carbonyl (C=O) groups is 1. The van der Waals surface area contributed by atoms with Gasteiger partial charge in [0.25, 0.3) is 0 Å². The Morgan fingerprint density at radius 2 is 2.00 bits per heavy atom. The van der Waals surface area contributed by atoms with Gasteiger partial charge in [-0.3, -0.25) is 4.79 Å². The van der Waals surface area contributed by atoms with Crippen molar-refractivity contribution in [1.82, 2.24) is 4.90 Å². The molecule has 1 aromatic rings. The Morgan fingerprint density at radius 1 is 1.33 bits per heavy atom. The third-order valence-electron chi connectivity index (χ3n) is 3.28. The molecule has 0 spiro atoms. The molecule has 0 bridgehead atoms. The van der Waals surface area contributed by atoms with E-state index in [1.807, 2.05) is 45.3 Å². The number of hydrogen-bond donors (Lipinski definition) is 0. The summed E-state index contributed by atoms with van der Waals surface area (Å²) in [6, 6.07) is 7.40. The van der Waals surface area contributed by atoms with Crippen molar-refractivity contribution in [1.29, 1.82) is 0 Å². The number of likely N-dealkylation sites (N-methyl/N-ethyl adjacent to an activating group) is 1. The van der Waals surface area contributed by atoms with Crippen molar-refractivity contribution in [2.75, 3.05) is 20.7 Å². The lowest BCUT2D eigenvalue weighted by atomic mass is 10.1. The summed E-state index contributed by atoms with van der Waals surface area (Å²) in [7, 11) is 4.06. The number of hydrogen-bond acceptors (Lipinski definition) is 3. The molecule has 0 aliphatic carbocycles. The van der Waals surface area contributed by atoms with E-state index >= 15 is 0 Å². The predicted molar refractivity (Wildman–Crippen MR) is 74.3 cm³/mol. The largest absolute Gasteiger partial charge is 0.492 e. The zero-order valence-electron chi connectivity index (χ0n) is 12.0. The lowest BCUT2D eigenvalue weighted by Crippen LogP contribution is -2.43. The van der Waals surface area contributed by atoms with Crippen molar-refractivity contribution >= 4 is 5.78 Å². The first-order valence-electron chi connectivity index (χ1n) is 6.30. The first kappa shape index (κ1) is 14.7. The van der Waals surface area contributed by atoms with Crippen LogP contribution < -0.4 is 4.74 Å². The van der Waals surface area contributed by atoms with E-state index in [4.69, 9.17) is 4.74 Å². The van der Waals surface area contributed by atoms with Gasteiger partial charge in [0.05, 0.1) is 0 Å². The molecule has 0 fully saturated rings. The second kappa shape index (κ2) is 6.01. The molecular formula is C15H23NO2. The van der Waals surface area contributed by atoms with E-state index in [1.54, 1.807) is 0 Å². The van der Waals surface area contributed by atoms with Gasteiger partial charge < -0.3 is 9.64 Å². The third kappa shape index (κ3) is 3.84. The van der Waals surface area contributed by atoms with E-state index in [0.29, 0.717) is 13.0 Å². The number of nitrogens with zero attached hydrogens (tertiary/aromatic N) is 1. The van der Waals surface area contributed by atoms with E-state index in [9.17, 15) is 4.79 Å². The van der Waals surface area contributed by atoms with Crippen LogP contribution in [0.3, 0.4) is 0 Å². The monoisotopic (exact) mass is 249 g/mol. The number of ether oxygens (including phenoxy) is 1. The highest BCUT2D eigenvalue weighted by molar-refractivity contribution is 5.96. The molecule has 1 aromatic carbocycles. The van der Waals surface area contributed by atoms with Crippen LogP contribution in [0, 0.1) is 0 Å². The summed E-state index contributed by atoms with van der Waals surface area (Å²) in [5.74, 6) is 0.900. The molecule has 0 unspecified atom stereocenters. The van der Waals surface area contributed by atoms with Crippen LogP contribution in [-0.2, 0) is 0 Å². The Bertz CT molecular complexity index is 411. The van der Waals surface area contributed by atoms with Crippen molar-refractivity contribution < 1.29 is 9.53 Å². The maximum Gasteiger partial charge on any atom is 0.162 e. The van der Waals surface area contributed by atoms with Crippen molar-refractivity contribution in [2.45, 2.75) is 32.7 Å². The normalized spacial score (nSPS) is 11.7. The van der Waals surface area contributed by atoms with E-state index in [0.717, 1.165) is 11.3 Å². The van der Waals surface area contributed by atoms with Gasteiger partial charge in [0.2, 0.25) is 0 Å². The molecule has 100 valence electrons. The maximum absolute atomic E-state index is 11.6. The molecule has 0 aliphatic rings. The molecule has 0 aliphatic heterocycles. The zero-order valence-corrected chi connectivity index (χ0v) is 12.0. The van der Waals surface area contributed by atoms with Gasteiger partial charge in [-0.05, 0) is 40.1 Å². The molecule has 0 N–H and O–H groups in total. The van der Waals surface area contributed by atoms with E-state index in [-0.39, 0.29) is 11.3 Å². The highest BCUT2D eigenvalue weighted by Gasteiger charge is 2.21. The fraction of sp³-hybridized carbons (Fsp3) is 0.533. The number of benzene rings is 1. The number of ketones is 1. The molecule has 3 nitrogen and oxygen atoms in total. The van der Waals surface area contributed by atoms with Gasteiger partial charge in [-0.2, -0.15) is 0 Å². The summed E-state index contributed by atoms with van der Waals surface area (Å²) >= 11 is 0. The van der Waals surface area contributed by atoms with Gasteiger partial charge in [0.15, 0.2) is 5.78 Å². The van der Waals surface area contributed by atoms with Crippen LogP contribution in [0.25, 0.3) is 0 Å².